The first-order chi connectivity index (χ1) is 11.4. The van der Waals surface area contributed by atoms with Crippen LogP contribution in [0.4, 0.5) is 0 Å². The van der Waals surface area contributed by atoms with Gasteiger partial charge in [-0.05, 0) is 37.8 Å². The van der Waals surface area contributed by atoms with Crippen LogP contribution in [0.1, 0.15) is 39.5 Å². The van der Waals surface area contributed by atoms with Gasteiger partial charge in [-0.15, -0.1) is 5.73 Å². The lowest BCUT2D eigenvalue weighted by molar-refractivity contribution is -0.191. The molecule has 24 heavy (non-hydrogen) atoms. The molecule has 0 aromatic heterocycles. The summed E-state index contributed by atoms with van der Waals surface area (Å²) in [6.07, 6.45) is 7.90. The van der Waals surface area contributed by atoms with Gasteiger partial charge in [0.1, 0.15) is 0 Å². The molecule has 0 saturated carbocycles. The smallest absolute Gasteiger partial charge is 0.373 e. The highest BCUT2D eigenvalue weighted by atomic mass is 16.5. The van der Waals surface area contributed by atoms with Gasteiger partial charge in [-0.2, -0.15) is 14.9 Å². The molecule has 0 saturated heterocycles. The second-order valence-corrected chi connectivity index (χ2v) is 5.41. The van der Waals surface area contributed by atoms with Gasteiger partial charge >= 0.3 is 12.1 Å². The lowest BCUT2D eigenvalue weighted by atomic mass is 9.70. The average molecular weight is 327 g/mol. The molecular formula is C19H21NO4. The highest BCUT2D eigenvalue weighted by molar-refractivity contribution is 5.66. The molecule has 126 valence electrons. The summed E-state index contributed by atoms with van der Waals surface area (Å²) in [4.78, 5) is 26.9. The van der Waals surface area contributed by atoms with Crippen molar-refractivity contribution in [3.05, 3.63) is 30.0 Å². The van der Waals surface area contributed by atoms with Crippen molar-refractivity contribution in [3.63, 3.8) is 0 Å². The van der Waals surface area contributed by atoms with E-state index in [0.29, 0.717) is 6.42 Å². The van der Waals surface area contributed by atoms with Crippen LogP contribution >= 0.6 is 0 Å². The van der Waals surface area contributed by atoms with E-state index < -0.39 is 5.41 Å². The van der Waals surface area contributed by atoms with E-state index in [9.17, 15) is 10.1 Å². The van der Waals surface area contributed by atoms with Crippen LogP contribution in [-0.4, -0.2) is 18.7 Å². The Morgan fingerprint density at radius 2 is 2.17 bits per heavy atom. The molecule has 0 fully saturated rings. The number of rotatable bonds is 4. The molecule has 0 N–H and O–H groups in total. The lowest BCUT2D eigenvalue weighted by Crippen LogP contribution is -2.24. The number of ether oxygens (including phenoxy) is 1. The summed E-state index contributed by atoms with van der Waals surface area (Å²) in [5, 5.41) is 9.57. The third-order valence-corrected chi connectivity index (χ3v) is 3.60. The van der Waals surface area contributed by atoms with Gasteiger partial charge in [-0.25, -0.2) is 0 Å². The van der Waals surface area contributed by atoms with E-state index in [1.165, 1.54) is 6.92 Å². The van der Waals surface area contributed by atoms with Crippen molar-refractivity contribution in [1.82, 2.24) is 0 Å². The summed E-state index contributed by atoms with van der Waals surface area (Å²) in [7, 11) is 0. The molecule has 2 unspecified atom stereocenters. The number of nitrogens with zero attached hydrogens (tertiary/aromatic N) is 1. The molecule has 1 rings (SSSR count). The molecular weight excluding hydrogens is 306 g/mol. The van der Waals surface area contributed by atoms with Crippen LogP contribution in [0.25, 0.3) is 0 Å². The molecule has 0 radical (unpaired) electrons. The highest BCUT2D eigenvalue weighted by Gasteiger charge is 2.33. The first-order valence-electron chi connectivity index (χ1n) is 7.51. The standard InChI is InChI=1S/C18H21NO2.CO2/c1-4-9-16-10-5-6-11-17(16)18(3,14-19)12-7-8-13-21-15(2)20;2-1-3/h9,11,16H,1,5-6,10,12-13H2,2-3H3;. The molecule has 0 aromatic carbocycles. The Morgan fingerprint density at radius 3 is 2.71 bits per heavy atom. The maximum atomic E-state index is 10.7. The maximum absolute atomic E-state index is 10.7. The first kappa shape index (κ1) is 21.2. The van der Waals surface area contributed by atoms with E-state index in [4.69, 9.17) is 14.3 Å². The Bertz CT molecular complexity index is 647. The third-order valence-electron chi connectivity index (χ3n) is 3.60. The molecule has 0 aliphatic heterocycles. The second kappa shape index (κ2) is 11.7. The fraction of sp³-hybridized carbons (Fsp3) is 0.474. The largest absolute Gasteiger partial charge is 0.453 e. The number of nitriles is 1. The molecule has 0 bridgehead atoms. The molecule has 1 aliphatic carbocycles. The summed E-state index contributed by atoms with van der Waals surface area (Å²) < 4.78 is 4.76. The summed E-state index contributed by atoms with van der Waals surface area (Å²) >= 11 is 0. The third kappa shape index (κ3) is 7.43. The normalized spacial score (nSPS) is 17.5. The molecule has 0 spiro atoms. The quantitative estimate of drug-likeness (QED) is 0.343. The number of carbonyl (C=O) groups excluding carboxylic acids is 3. The zero-order chi connectivity index (χ0) is 18.4. The van der Waals surface area contributed by atoms with Gasteiger partial charge in [0.25, 0.3) is 0 Å². The molecule has 0 amide bonds. The maximum Gasteiger partial charge on any atom is 0.373 e. The fourth-order valence-corrected chi connectivity index (χ4v) is 2.49. The zero-order valence-electron chi connectivity index (χ0n) is 14.1. The summed E-state index contributed by atoms with van der Waals surface area (Å²) in [5.74, 6) is 5.60. The summed E-state index contributed by atoms with van der Waals surface area (Å²) in [6.45, 7) is 6.97. The number of hydrogen-bond acceptors (Lipinski definition) is 5. The summed E-state index contributed by atoms with van der Waals surface area (Å²) in [5.41, 5.74) is 3.32. The SMILES string of the molecule is C=C=CC1CCCC=C1C(C)(C#N)CC#CCOC(C)=O.O=C=O. The number of hydrogen-bond donors (Lipinski definition) is 0. The zero-order valence-corrected chi connectivity index (χ0v) is 14.1. The van der Waals surface area contributed by atoms with E-state index in [0.717, 1.165) is 24.8 Å². The van der Waals surface area contributed by atoms with Crippen LogP contribution in [0.15, 0.2) is 30.0 Å². The van der Waals surface area contributed by atoms with Crippen molar-refractivity contribution < 1.29 is 19.1 Å². The van der Waals surface area contributed by atoms with Crippen molar-refractivity contribution in [2.24, 2.45) is 11.3 Å². The number of esters is 1. The molecule has 5 nitrogen and oxygen atoms in total. The van der Waals surface area contributed by atoms with Gasteiger partial charge in [0.05, 0.1) is 11.5 Å². The number of allylic oxidation sites excluding steroid dienone is 3. The average Bonchev–Trinajstić information content (AvgIpc) is 2.55. The molecule has 0 heterocycles. The Labute approximate surface area is 142 Å². The van der Waals surface area contributed by atoms with E-state index in [1.54, 1.807) is 0 Å². The molecule has 1 aliphatic rings. The molecule has 5 heteroatoms. The Morgan fingerprint density at radius 1 is 1.50 bits per heavy atom. The monoisotopic (exact) mass is 327 g/mol. The summed E-state index contributed by atoms with van der Waals surface area (Å²) in [6, 6.07) is 2.39. The Kier molecular flexibility index (Phi) is 10.3. The van der Waals surface area contributed by atoms with Crippen LogP contribution in [0.3, 0.4) is 0 Å². The van der Waals surface area contributed by atoms with E-state index in [-0.39, 0.29) is 24.6 Å². The fourth-order valence-electron chi connectivity index (χ4n) is 2.49. The van der Waals surface area contributed by atoms with Crippen LogP contribution in [0, 0.1) is 34.5 Å². The van der Waals surface area contributed by atoms with Crippen molar-refractivity contribution in [1.29, 1.82) is 5.26 Å². The van der Waals surface area contributed by atoms with Crippen molar-refractivity contribution >= 4 is 12.1 Å². The van der Waals surface area contributed by atoms with Crippen LogP contribution in [0.2, 0.25) is 0 Å². The van der Waals surface area contributed by atoms with Gasteiger partial charge in [0.15, 0.2) is 6.61 Å². The van der Waals surface area contributed by atoms with Crippen molar-refractivity contribution in [2.75, 3.05) is 6.61 Å². The minimum Gasteiger partial charge on any atom is -0.453 e. The predicted molar refractivity (Wildman–Crippen MR) is 86.9 cm³/mol. The molecule has 0 aromatic rings. The van der Waals surface area contributed by atoms with Crippen molar-refractivity contribution in [3.8, 4) is 17.9 Å². The van der Waals surface area contributed by atoms with Crippen LogP contribution in [0.5, 0.6) is 0 Å². The molecule has 2 atom stereocenters. The van der Waals surface area contributed by atoms with E-state index >= 15 is 0 Å². The predicted octanol–water partition coefficient (Wildman–Crippen LogP) is 2.96. The second-order valence-electron chi connectivity index (χ2n) is 5.41. The van der Waals surface area contributed by atoms with Gasteiger partial charge in [-0.1, -0.05) is 24.5 Å². The topological polar surface area (TPSA) is 84.2 Å². The van der Waals surface area contributed by atoms with Gasteiger partial charge < -0.3 is 4.74 Å². The first-order valence-corrected chi connectivity index (χ1v) is 7.51. The van der Waals surface area contributed by atoms with Crippen molar-refractivity contribution in [2.45, 2.75) is 39.5 Å². The number of carbonyl (C=O) groups is 1. The van der Waals surface area contributed by atoms with E-state index in [2.05, 4.69) is 36.3 Å². The van der Waals surface area contributed by atoms with Gasteiger partial charge in [0.2, 0.25) is 0 Å². The highest BCUT2D eigenvalue weighted by Crippen LogP contribution is 2.40. The van der Waals surface area contributed by atoms with E-state index in [1.807, 2.05) is 13.0 Å². The van der Waals surface area contributed by atoms with Crippen LogP contribution < -0.4 is 0 Å². The Balaban J connectivity index is 0.00000163. The van der Waals surface area contributed by atoms with Gasteiger partial charge in [0, 0.05) is 19.3 Å². The van der Waals surface area contributed by atoms with Gasteiger partial charge in [-0.3, -0.25) is 4.79 Å². The van der Waals surface area contributed by atoms with Crippen LogP contribution in [-0.2, 0) is 19.1 Å². The Hall–Kier alpha value is -2.84. The minimum atomic E-state index is -0.623. The lowest BCUT2D eigenvalue weighted by Gasteiger charge is -2.31. The minimum absolute atomic E-state index is 0.0753.